The van der Waals surface area contributed by atoms with E-state index in [-0.39, 0.29) is 5.28 Å². The lowest BCUT2D eigenvalue weighted by molar-refractivity contribution is 0.122. The fourth-order valence-corrected chi connectivity index (χ4v) is 4.41. The molecule has 2 saturated heterocycles. The lowest BCUT2D eigenvalue weighted by Gasteiger charge is -2.34. The Labute approximate surface area is 185 Å². The molecule has 5 rings (SSSR count). The highest BCUT2D eigenvalue weighted by Gasteiger charge is 2.23. The topological polar surface area (TPSA) is 94.6 Å². The largest absolute Gasteiger partial charge is 0.432 e. The monoisotopic (exact) mass is 441 g/mol. The first-order valence-electron chi connectivity index (χ1n) is 10.6. The van der Waals surface area contributed by atoms with E-state index >= 15 is 0 Å². The number of aromatic nitrogens is 3. The van der Waals surface area contributed by atoms with Crippen LogP contribution in [-0.2, 0) is 11.3 Å². The van der Waals surface area contributed by atoms with Gasteiger partial charge in [-0.1, -0.05) is 0 Å². The van der Waals surface area contributed by atoms with E-state index in [1.165, 1.54) is 0 Å². The molecule has 0 aromatic carbocycles. The second-order valence-corrected chi connectivity index (χ2v) is 8.26. The van der Waals surface area contributed by atoms with Crippen molar-refractivity contribution in [3.63, 3.8) is 0 Å². The predicted molar refractivity (Wildman–Crippen MR) is 117 cm³/mol. The first-order valence-corrected chi connectivity index (χ1v) is 11.0. The van der Waals surface area contributed by atoms with E-state index in [2.05, 4.69) is 41.8 Å². The standard InChI is InChI=1S/C21H24ClN7O2/c22-21-25-17-16-12-15(14-28-6-4-27(5-7-28)3-1-2-23)13-24-20(16)31-18(17)19(26-21)29-8-10-30-11-9-29/h12-13H,1,3-11,14H2. The summed E-state index contributed by atoms with van der Waals surface area (Å²) in [5, 5.41) is 9.83. The molecule has 0 spiro atoms. The maximum Gasteiger partial charge on any atom is 0.229 e. The Morgan fingerprint density at radius 3 is 2.61 bits per heavy atom. The van der Waals surface area contributed by atoms with Gasteiger partial charge in [-0.05, 0) is 23.2 Å². The van der Waals surface area contributed by atoms with Crippen LogP contribution in [-0.4, -0.2) is 83.8 Å². The summed E-state index contributed by atoms with van der Waals surface area (Å²) in [6.07, 6.45) is 2.46. The number of rotatable bonds is 5. The molecule has 5 heterocycles. The van der Waals surface area contributed by atoms with Crippen LogP contribution in [0.15, 0.2) is 16.7 Å². The van der Waals surface area contributed by atoms with Gasteiger partial charge in [-0.2, -0.15) is 10.2 Å². The number of ether oxygens (including phenoxy) is 1. The molecule has 0 N–H and O–H groups in total. The smallest absolute Gasteiger partial charge is 0.229 e. The van der Waals surface area contributed by atoms with Crippen molar-refractivity contribution in [3.8, 4) is 6.07 Å². The van der Waals surface area contributed by atoms with E-state index in [1.807, 2.05) is 6.20 Å². The Kier molecular flexibility index (Phi) is 5.87. The van der Waals surface area contributed by atoms with Gasteiger partial charge in [-0.15, -0.1) is 0 Å². The number of fused-ring (bicyclic) bond motifs is 3. The molecule has 0 unspecified atom stereocenters. The van der Waals surface area contributed by atoms with Crippen molar-refractivity contribution >= 4 is 39.6 Å². The van der Waals surface area contributed by atoms with Gasteiger partial charge >= 0.3 is 0 Å². The van der Waals surface area contributed by atoms with Gasteiger partial charge in [0.25, 0.3) is 0 Å². The molecule has 10 heteroatoms. The van der Waals surface area contributed by atoms with Crippen molar-refractivity contribution in [3.05, 3.63) is 23.1 Å². The Morgan fingerprint density at radius 2 is 1.84 bits per heavy atom. The molecule has 0 radical (unpaired) electrons. The summed E-state index contributed by atoms with van der Waals surface area (Å²) in [7, 11) is 0. The normalized spacial score (nSPS) is 18.6. The van der Waals surface area contributed by atoms with E-state index in [9.17, 15) is 0 Å². The molecule has 3 aromatic heterocycles. The number of hydrogen-bond acceptors (Lipinski definition) is 9. The molecular formula is C21H24ClN7O2. The van der Waals surface area contributed by atoms with E-state index in [1.54, 1.807) is 0 Å². The number of piperazine rings is 1. The van der Waals surface area contributed by atoms with Crippen LogP contribution in [0.3, 0.4) is 0 Å². The van der Waals surface area contributed by atoms with Crippen LogP contribution in [0, 0.1) is 11.3 Å². The zero-order valence-corrected chi connectivity index (χ0v) is 18.0. The zero-order valence-electron chi connectivity index (χ0n) is 17.3. The summed E-state index contributed by atoms with van der Waals surface area (Å²) >= 11 is 6.27. The molecule has 0 aliphatic carbocycles. The Hall–Kier alpha value is -2.51. The number of nitriles is 1. The highest BCUT2D eigenvalue weighted by molar-refractivity contribution is 6.29. The van der Waals surface area contributed by atoms with Gasteiger partial charge in [0.15, 0.2) is 11.4 Å². The highest BCUT2D eigenvalue weighted by atomic mass is 35.5. The van der Waals surface area contributed by atoms with Crippen molar-refractivity contribution in [2.75, 3.05) is 63.9 Å². The molecule has 31 heavy (non-hydrogen) atoms. The zero-order chi connectivity index (χ0) is 21.2. The third-order valence-corrected chi connectivity index (χ3v) is 6.07. The summed E-state index contributed by atoms with van der Waals surface area (Å²) in [6, 6.07) is 4.32. The lowest BCUT2D eigenvalue weighted by Crippen LogP contribution is -2.46. The van der Waals surface area contributed by atoms with Gasteiger partial charge in [0, 0.05) is 65.0 Å². The van der Waals surface area contributed by atoms with Crippen molar-refractivity contribution in [2.45, 2.75) is 13.0 Å². The average molecular weight is 442 g/mol. The van der Waals surface area contributed by atoms with Crippen molar-refractivity contribution in [1.82, 2.24) is 24.8 Å². The van der Waals surface area contributed by atoms with Gasteiger partial charge in [-0.25, -0.2) is 9.97 Å². The molecule has 0 atom stereocenters. The fraction of sp³-hybridized carbons (Fsp3) is 0.524. The number of pyridine rings is 1. The van der Waals surface area contributed by atoms with Crippen LogP contribution >= 0.6 is 11.6 Å². The molecular weight excluding hydrogens is 418 g/mol. The summed E-state index contributed by atoms with van der Waals surface area (Å²) in [6.45, 7) is 8.36. The van der Waals surface area contributed by atoms with Crippen LogP contribution in [0.2, 0.25) is 5.28 Å². The minimum absolute atomic E-state index is 0.204. The minimum Gasteiger partial charge on any atom is -0.432 e. The van der Waals surface area contributed by atoms with E-state index in [0.717, 1.165) is 63.3 Å². The van der Waals surface area contributed by atoms with Gasteiger partial charge < -0.3 is 14.1 Å². The number of hydrogen-bond donors (Lipinski definition) is 0. The van der Waals surface area contributed by atoms with Gasteiger partial charge in [0.1, 0.15) is 5.52 Å². The molecule has 9 nitrogen and oxygen atoms in total. The highest BCUT2D eigenvalue weighted by Crippen LogP contribution is 2.33. The minimum atomic E-state index is 0.204. The number of halogens is 1. The molecule has 2 aliphatic rings. The summed E-state index contributed by atoms with van der Waals surface area (Å²) < 4.78 is 11.5. The third-order valence-electron chi connectivity index (χ3n) is 5.90. The number of morpholine rings is 1. The maximum atomic E-state index is 8.77. The van der Waals surface area contributed by atoms with Crippen LogP contribution in [0.1, 0.15) is 12.0 Å². The number of furan rings is 1. The molecule has 2 fully saturated rings. The fourth-order valence-electron chi connectivity index (χ4n) is 4.25. The van der Waals surface area contributed by atoms with Gasteiger partial charge in [0.05, 0.1) is 24.7 Å². The van der Waals surface area contributed by atoms with Crippen LogP contribution in [0.25, 0.3) is 22.2 Å². The molecule has 2 aliphatic heterocycles. The molecule has 0 bridgehead atoms. The summed E-state index contributed by atoms with van der Waals surface area (Å²) in [5.41, 5.74) is 2.98. The van der Waals surface area contributed by atoms with Crippen LogP contribution in [0.5, 0.6) is 0 Å². The van der Waals surface area contributed by atoms with E-state index in [0.29, 0.717) is 42.3 Å². The third kappa shape index (κ3) is 4.29. The molecule has 162 valence electrons. The Bertz CT molecular complexity index is 1110. The quantitative estimate of drug-likeness (QED) is 0.552. The Morgan fingerprint density at radius 1 is 1.06 bits per heavy atom. The Balaban J connectivity index is 1.39. The maximum absolute atomic E-state index is 8.77. The van der Waals surface area contributed by atoms with Gasteiger partial charge in [-0.3, -0.25) is 9.80 Å². The van der Waals surface area contributed by atoms with Crippen molar-refractivity contribution in [2.24, 2.45) is 0 Å². The summed E-state index contributed by atoms with van der Waals surface area (Å²) in [4.78, 5) is 20.3. The number of nitrogens with zero attached hydrogens (tertiary/aromatic N) is 7. The summed E-state index contributed by atoms with van der Waals surface area (Å²) in [5.74, 6) is 0.700. The molecule has 3 aromatic rings. The second kappa shape index (κ2) is 8.93. The van der Waals surface area contributed by atoms with Gasteiger partial charge in [0.2, 0.25) is 11.0 Å². The van der Waals surface area contributed by atoms with Crippen molar-refractivity contribution < 1.29 is 9.15 Å². The SMILES string of the molecule is N#CCCN1CCN(Cc2cnc3oc4c(N5CCOCC5)nc(Cl)nc4c3c2)CC1. The molecule has 0 saturated carbocycles. The lowest BCUT2D eigenvalue weighted by atomic mass is 10.2. The van der Waals surface area contributed by atoms with E-state index < -0.39 is 0 Å². The van der Waals surface area contributed by atoms with Crippen molar-refractivity contribution in [1.29, 1.82) is 5.26 Å². The first-order chi connectivity index (χ1) is 15.2. The predicted octanol–water partition coefficient (Wildman–Crippen LogP) is 2.29. The molecule has 0 amide bonds. The van der Waals surface area contributed by atoms with Crippen LogP contribution in [0.4, 0.5) is 5.82 Å². The number of anilines is 1. The first kappa shape index (κ1) is 20.4. The van der Waals surface area contributed by atoms with E-state index in [4.69, 9.17) is 26.0 Å². The van der Waals surface area contributed by atoms with Crippen LogP contribution < -0.4 is 4.90 Å². The average Bonchev–Trinajstić information content (AvgIpc) is 3.16. The second-order valence-electron chi connectivity index (χ2n) is 7.92.